The smallest absolute Gasteiger partial charge is 0.390 e. The molecule has 16 heavy (non-hydrogen) atoms. The Morgan fingerprint density at radius 1 is 0.938 bits per heavy atom. The van der Waals surface area contributed by atoms with Crippen LogP contribution < -0.4 is 11.5 Å². The van der Waals surface area contributed by atoms with Gasteiger partial charge in [-0.15, -0.1) is 0 Å². The third-order valence-electron chi connectivity index (χ3n) is 2.51. The monoisotopic (exact) mass is 258 g/mol. The van der Waals surface area contributed by atoms with Crippen LogP contribution in [0.5, 0.6) is 0 Å². The van der Waals surface area contributed by atoms with Crippen molar-refractivity contribution >= 4 is 7.82 Å². The number of hydrogen-bond acceptors (Lipinski definition) is 7. The molecule has 96 valence electrons. The van der Waals surface area contributed by atoms with Gasteiger partial charge in [0.25, 0.3) is 0 Å². The molecule has 10 heteroatoms. The van der Waals surface area contributed by atoms with Crippen LogP contribution in [0.4, 0.5) is 0 Å². The fourth-order valence-corrected chi connectivity index (χ4v) is 2.15. The van der Waals surface area contributed by atoms with E-state index < -0.39 is 44.3 Å². The zero-order valence-electron chi connectivity index (χ0n) is 8.12. The van der Waals surface area contributed by atoms with Gasteiger partial charge in [-0.3, -0.25) is 4.52 Å². The summed E-state index contributed by atoms with van der Waals surface area (Å²) in [7, 11) is -4.89. The number of aliphatic hydroxyl groups is 3. The summed E-state index contributed by atoms with van der Waals surface area (Å²) in [6.07, 6.45) is -6.29. The van der Waals surface area contributed by atoms with Crippen molar-refractivity contribution in [1.82, 2.24) is 0 Å². The van der Waals surface area contributed by atoms with E-state index in [9.17, 15) is 19.9 Å². The average Bonchev–Trinajstić information content (AvgIpc) is 2.17. The minimum Gasteiger partial charge on any atom is -0.390 e. The van der Waals surface area contributed by atoms with Crippen LogP contribution in [0.25, 0.3) is 0 Å². The van der Waals surface area contributed by atoms with Crippen molar-refractivity contribution in [3.8, 4) is 0 Å². The minimum absolute atomic E-state index is 1.25. The lowest BCUT2D eigenvalue weighted by molar-refractivity contribution is -0.133. The quantitative estimate of drug-likeness (QED) is 0.244. The number of aliphatic hydroxyl groups excluding tert-OH is 3. The molecule has 0 aromatic heterocycles. The van der Waals surface area contributed by atoms with Gasteiger partial charge in [0.05, 0.1) is 18.2 Å². The molecule has 1 saturated carbocycles. The molecule has 1 rings (SSSR count). The fourth-order valence-electron chi connectivity index (χ4n) is 1.58. The standard InChI is InChI=1S/C6H15N2O7P/c7-1-3(9)2(8)5(11)6(4(1)10)15-16(12,13)14/h1-6,9-11H,7-8H2,(H2,12,13,14). The van der Waals surface area contributed by atoms with E-state index >= 15 is 0 Å². The maximum atomic E-state index is 10.6. The van der Waals surface area contributed by atoms with Crippen molar-refractivity contribution in [2.24, 2.45) is 11.5 Å². The SMILES string of the molecule is NC1C(O)C(N)C(O)C(OP(=O)(O)O)C1O. The lowest BCUT2D eigenvalue weighted by Gasteiger charge is -2.42. The Morgan fingerprint density at radius 3 is 1.62 bits per heavy atom. The molecular weight excluding hydrogens is 243 g/mol. The molecule has 0 aromatic carbocycles. The van der Waals surface area contributed by atoms with Crippen molar-refractivity contribution in [1.29, 1.82) is 0 Å². The van der Waals surface area contributed by atoms with E-state index in [2.05, 4.69) is 4.52 Å². The normalized spacial score (nSPS) is 45.7. The summed E-state index contributed by atoms with van der Waals surface area (Å²) in [5.41, 5.74) is 10.7. The van der Waals surface area contributed by atoms with Crippen molar-refractivity contribution in [3.05, 3.63) is 0 Å². The lowest BCUT2D eigenvalue weighted by Crippen LogP contribution is -2.69. The predicted octanol–water partition coefficient (Wildman–Crippen LogP) is -3.78. The van der Waals surface area contributed by atoms with Crippen molar-refractivity contribution in [3.63, 3.8) is 0 Å². The van der Waals surface area contributed by atoms with E-state index in [1.165, 1.54) is 0 Å². The van der Waals surface area contributed by atoms with E-state index in [1.54, 1.807) is 0 Å². The Morgan fingerprint density at radius 2 is 1.31 bits per heavy atom. The second-order valence-corrected chi connectivity index (χ2v) is 4.88. The van der Waals surface area contributed by atoms with E-state index in [0.29, 0.717) is 0 Å². The molecule has 0 heterocycles. The largest absolute Gasteiger partial charge is 0.470 e. The third-order valence-corrected chi connectivity index (χ3v) is 3.03. The Bertz CT molecular complexity index is 281. The Balaban J connectivity index is 2.87. The number of nitrogens with two attached hydrogens (primary N) is 2. The molecule has 4 unspecified atom stereocenters. The molecule has 0 aliphatic heterocycles. The van der Waals surface area contributed by atoms with E-state index in [0.717, 1.165) is 0 Å². The molecule has 0 radical (unpaired) electrons. The first-order valence-electron chi connectivity index (χ1n) is 4.44. The minimum atomic E-state index is -4.89. The summed E-state index contributed by atoms with van der Waals surface area (Å²) in [6, 6.07) is -2.51. The summed E-state index contributed by atoms with van der Waals surface area (Å²) >= 11 is 0. The van der Waals surface area contributed by atoms with Gasteiger partial charge in [-0.1, -0.05) is 0 Å². The summed E-state index contributed by atoms with van der Waals surface area (Å²) in [5, 5.41) is 28.4. The topological polar surface area (TPSA) is 179 Å². The molecule has 9 nitrogen and oxygen atoms in total. The van der Waals surface area contributed by atoms with Gasteiger partial charge in [-0.25, -0.2) is 4.57 Å². The van der Waals surface area contributed by atoms with Gasteiger partial charge in [0.2, 0.25) is 0 Å². The highest BCUT2D eigenvalue weighted by molar-refractivity contribution is 7.46. The van der Waals surface area contributed by atoms with Crippen LogP contribution >= 0.6 is 7.82 Å². The highest BCUT2D eigenvalue weighted by Crippen LogP contribution is 2.40. The maximum Gasteiger partial charge on any atom is 0.470 e. The summed E-state index contributed by atoms with van der Waals surface area (Å²) in [4.78, 5) is 17.1. The van der Waals surface area contributed by atoms with Crippen molar-refractivity contribution < 1.29 is 34.2 Å². The van der Waals surface area contributed by atoms with Crippen LogP contribution in [-0.2, 0) is 9.09 Å². The van der Waals surface area contributed by atoms with Gasteiger partial charge in [-0.2, -0.15) is 0 Å². The van der Waals surface area contributed by atoms with E-state index in [1.807, 2.05) is 0 Å². The van der Waals surface area contributed by atoms with Crippen LogP contribution in [-0.4, -0.2) is 61.6 Å². The predicted molar refractivity (Wildman–Crippen MR) is 50.9 cm³/mol. The van der Waals surface area contributed by atoms with Crippen molar-refractivity contribution in [2.45, 2.75) is 36.5 Å². The highest BCUT2D eigenvalue weighted by Gasteiger charge is 2.49. The Labute approximate surface area is 90.9 Å². The number of phosphoric acid groups is 1. The summed E-state index contributed by atoms with van der Waals surface area (Å²) in [6.45, 7) is 0. The number of rotatable bonds is 2. The summed E-state index contributed by atoms with van der Waals surface area (Å²) < 4.78 is 14.8. The molecule has 0 saturated heterocycles. The third kappa shape index (κ3) is 2.77. The molecule has 0 bridgehead atoms. The van der Waals surface area contributed by atoms with Gasteiger partial charge < -0.3 is 36.6 Å². The Hall–Kier alpha value is -0.0900. The first-order chi connectivity index (χ1) is 7.15. The molecule has 0 aromatic rings. The van der Waals surface area contributed by atoms with Gasteiger partial charge >= 0.3 is 7.82 Å². The molecule has 1 aliphatic carbocycles. The molecule has 1 fully saturated rings. The van der Waals surface area contributed by atoms with Gasteiger partial charge in [0.15, 0.2) is 0 Å². The molecule has 0 amide bonds. The first-order valence-corrected chi connectivity index (χ1v) is 5.97. The van der Waals surface area contributed by atoms with Gasteiger partial charge in [0, 0.05) is 0 Å². The second kappa shape index (κ2) is 4.65. The molecule has 9 N–H and O–H groups in total. The molecule has 1 aliphatic rings. The van der Waals surface area contributed by atoms with Crippen molar-refractivity contribution in [2.75, 3.05) is 0 Å². The molecule has 4 atom stereocenters. The van der Waals surface area contributed by atoms with Crippen LogP contribution in [0.15, 0.2) is 0 Å². The highest BCUT2D eigenvalue weighted by atomic mass is 31.2. The van der Waals surface area contributed by atoms with Gasteiger partial charge in [-0.05, 0) is 0 Å². The molecule has 0 spiro atoms. The lowest BCUT2D eigenvalue weighted by atomic mass is 9.82. The van der Waals surface area contributed by atoms with E-state index in [4.69, 9.17) is 21.3 Å². The molecular formula is C6H15N2O7P. The second-order valence-electron chi connectivity index (χ2n) is 3.69. The van der Waals surface area contributed by atoms with Crippen LogP contribution in [0.2, 0.25) is 0 Å². The number of phosphoric ester groups is 1. The average molecular weight is 258 g/mol. The zero-order chi connectivity index (χ0) is 12.7. The first kappa shape index (κ1) is 14.0. The van der Waals surface area contributed by atoms with Crippen LogP contribution in [0.3, 0.4) is 0 Å². The van der Waals surface area contributed by atoms with Crippen LogP contribution in [0.1, 0.15) is 0 Å². The number of hydrogen-bond donors (Lipinski definition) is 7. The van der Waals surface area contributed by atoms with Gasteiger partial charge in [0.1, 0.15) is 18.3 Å². The van der Waals surface area contributed by atoms with Crippen LogP contribution in [0, 0.1) is 0 Å². The maximum absolute atomic E-state index is 10.6. The van der Waals surface area contributed by atoms with E-state index in [-0.39, 0.29) is 0 Å². The summed E-state index contributed by atoms with van der Waals surface area (Å²) in [5.74, 6) is 0. The fraction of sp³-hybridized carbons (Fsp3) is 1.00. The Kier molecular flexibility index (Phi) is 4.06. The zero-order valence-corrected chi connectivity index (χ0v) is 9.01.